The molecule has 2 aliphatic heterocycles. The van der Waals surface area contributed by atoms with Gasteiger partial charge in [0.1, 0.15) is 5.82 Å². The van der Waals surface area contributed by atoms with Crippen LogP contribution in [0.3, 0.4) is 0 Å². The maximum absolute atomic E-state index is 13.6. The van der Waals surface area contributed by atoms with E-state index in [4.69, 9.17) is 4.74 Å². The smallest absolute Gasteiger partial charge is 0.317 e. The van der Waals surface area contributed by atoms with Crippen LogP contribution in [-0.2, 0) is 16.1 Å². The average molecular weight is 378 g/mol. The molecule has 8 heteroatoms. The van der Waals surface area contributed by atoms with Gasteiger partial charge in [-0.05, 0) is 24.1 Å². The number of halogens is 1. The average Bonchev–Trinajstić information content (AvgIpc) is 2.69. The van der Waals surface area contributed by atoms with Crippen LogP contribution in [0.4, 0.5) is 9.18 Å². The Hall–Kier alpha value is -2.19. The van der Waals surface area contributed by atoms with Crippen molar-refractivity contribution < 1.29 is 18.7 Å². The molecular formula is C19H27FN4O3. The maximum Gasteiger partial charge on any atom is 0.317 e. The summed E-state index contributed by atoms with van der Waals surface area (Å²) in [5, 5.41) is 2.82. The number of hydrogen-bond donors (Lipinski definition) is 1. The lowest BCUT2D eigenvalue weighted by Crippen LogP contribution is -2.55. The molecule has 0 bridgehead atoms. The highest BCUT2D eigenvalue weighted by atomic mass is 19.1. The van der Waals surface area contributed by atoms with E-state index < -0.39 is 0 Å². The Bertz CT molecular complexity index is 671. The summed E-state index contributed by atoms with van der Waals surface area (Å²) < 4.78 is 18.9. The van der Waals surface area contributed by atoms with Gasteiger partial charge in [-0.15, -0.1) is 0 Å². The van der Waals surface area contributed by atoms with Gasteiger partial charge in [0, 0.05) is 45.8 Å². The summed E-state index contributed by atoms with van der Waals surface area (Å²) in [6.45, 7) is 7.40. The first-order valence-electron chi connectivity index (χ1n) is 9.38. The summed E-state index contributed by atoms with van der Waals surface area (Å²) in [5.41, 5.74) is 1.31. The zero-order chi connectivity index (χ0) is 19.2. The number of benzene rings is 1. The fourth-order valence-corrected chi connectivity index (χ4v) is 3.25. The fourth-order valence-electron chi connectivity index (χ4n) is 3.25. The van der Waals surface area contributed by atoms with Crippen molar-refractivity contribution in [3.05, 3.63) is 35.1 Å². The third-order valence-electron chi connectivity index (χ3n) is 5.06. The number of amides is 3. The minimum atomic E-state index is -0.269. The van der Waals surface area contributed by atoms with Crippen molar-refractivity contribution in [3.63, 3.8) is 0 Å². The predicted octanol–water partition coefficient (Wildman–Crippen LogP) is 0.820. The molecule has 0 spiro atoms. The summed E-state index contributed by atoms with van der Waals surface area (Å²) in [5.74, 6) is -0.166. The molecule has 0 radical (unpaired) electrons. The van der Waals surface area contributed by atoms with Crippen molar-refractivity contribution >= 4 is 11.9 Å². The highest BCUT2D eigenvalue weighted by molar-refractivity contribution is 5.79. The van der Waals surface area contributed by atoms with Crippen molar-refractivity contribution in [2.75, 3.05) is 59.0 Å². The number of carbonyl (C=O) groups excluding carboxylic acids is 2. The van der Waals surface area contributed by atoms with E-state index >= 15 is 0 Å². The molecule has 2 aliphatic rings. The first kappa shape index (κ1) is 19.6. The molecule has 7 nitrogen and oxygen atoms in total. The van der Waals surface area contributed by atoms with Crippen molar-refractivity contribution in [2.45, 2.75) is 13.5 Å². The largest absolute Gasteiger partial charge is 0.379 e. The third kappa shape index (κ3) is 5.40. The summed E-state index contributed by atoms with van der Waals surface area (Å²) in [6.07, 6.45) is 0. The lowest BCUT2D eigenvalue weighted by Gasteiger charge is -2.36. The Kier molecular flexibility index (Phi) is 6.63. The van der Waals surface area contributed by atoms with E-state index in [2.05, 4.69) is 10.2 Å². The van der Waals surface area contributed by atoms with E-state index in [-0.39, 0.29) is 24.3 Å². The highest BCUT2D eigenvalue weighted by Gasteiger charge is 2.25. The number of piperazine rings is 1. The molecule has 1 aromatic carbocycles. The first-order chi connectivity index (χ1) is 13.0. The molecule has 3 amide bonds. The van der Waals surface area contributed by atoms with Crippen LogP contribution in [0.5, 0.6) is 0 Å². The van der Waals surface area contributed by atoms with E-state index in [1.807, 2.05) is 4.90 Å². The van der Waals surface area contributed by atoms with Crippen LogP contribution in [0, 0.1) is 12.7 Å². The zero-order valence-electron chi connectivity index (χ0n) is 15.7. The highest BCUT2D eigenvalue weighted by Crippen LogP contribution is 2.10. The minimum Gasteiger partial charge on any atom is -0.379 e. The van der Waals surface area contributed by atoms with Gasteiger partial charge in [0.05, 0.1) is 19.8 Å². The Balaban J connectivity index is 1.40. The van der Waals surface area contributed by atoms with Gasteiger partial charge in [0.25, 0.3) is 0 Å². The van der Waals surface area contributed by atoms with Crippen LogP contribution in [0.2, 0.25) is 0 Å². The number of morpholine rings is 1. The number of nitrogens with zero attached hydrogens (tertiary/aromatic N) is 3. The summed E-state index contributed by atoms with van der Waals surface area (Å²) >= 11 is 0. The quantitative estimate of drug-likeness (QED) is 0.843. The molecule has 2 fully saturated rings. The van der Waals surface area contributed by atoms with Gasteiger partial charge in [0.2, 0.25) is 5.91 Å². The molecule has 148 valence electrons. The standard InChI is InChI=1S/C19H27FN4O3/c1-15-2-3-16(12-17(15)20)13-21-19(26)24-6-4-23(5-7-24)18(25)14-22-8-10-27-11-9-22/h2-3,12H,4-11,13-14H2,1H3,(H,21,26). The number of carbonyl (C=O) groups is 2. The number of urea groups is 1. The topological polar surface area (TPSA) is 65.1 Å². The molecule has 0 unspecified atom stereocenters. The number of aryl methyl sites for hydroxylation is 1. The summed E-state index contributed by atoms with van der Waals surface area (Å²) in [7, 11) is 0. The van der Waals surface area contributed by atoms with E-state index in [9.17, 15) is 14.0 Å². The third-order valence-corrected chi connectivity index (χ3v) is 5.06. The van der Waals surface area contributed by atoms with E-state index in [1.54, 1.807) is 24.0 Å². The number of rotatable bonds is 4. The SMILES string of the molecule is Cc1ccc(CNC(=O)N2CCN(C(=O)CN3CCOCC3)CC2)cc1F. The van der Waals surface area contributed by atoms with Gasteiger partial charge < -0.3 is 19.9 Å². The second-order valence-electron chi connectivity index (χ2n) is 7.00. The van der Waals surface area contributed by atoms with Gasteiger partial charge in [-0.1, -0.05) is 12.1 Å². The fraction of sp³-hybridized carbons (Fsp3) is 0.579. The molecule has 0 atom stereocenters. The Morgan fingerprint density at radius 1 is 1.07 bits per heavy atom. The first-order valence-corrected chi connectivity index (χ1v) is 9.38. The maximum atomic E-state index is 13.6. The van der Waals surface area contributed by atoms with Crippen molar-refractivity contribution in [3.8, 4) is 0 Å². The van der Waals surface area contributed by atoms with Gasteiger partial charge in [0.15, 0.2) is 0 Å². The normalized spacial score (nSPS) is 18.4. The van der Waals surface area contributed by atoms with Crippen LogP contribution < -0.4 is 5.32 Å². The van der Waals surface area contributed by atoms with Gasteiger partial charge in [-0.2, -0.15) is 0 Å². The molecule has 0 aliphatic carbocycles. The molecule has 1 aromatic rings. The van der Waals surface area contributed by atoms with Crippen LogP contribution in [-0.4, -0.2) is 85.7 Å². The molecule has 2 heterocycles. The molecule has 2 saturated heterocycles. The molecule has 3 rings (SSSR count). The second kappa shape index (κ2) is 9.14. The Morgan fingerprint density at radius 3 is 2.41 bits per heavy atom. The Morgan fingerprint density at radius 2 is 1.74 bits per heavy atom. The Labute approximate surface area is 159 Å². The molecule has 27 heavy (non-hydrogen) atoms. The molecule has 0 saturated carbocycles. The van der Waals surface area contributed by atoms with Crippen molar-refractivity contribution in [1.29, 1.82) is 0 Å². The van der Waals surface area contributed by atoms with Gasteiger partial charge >= 0.3 is 6.03 Å². The van der Waals surface area contributed by atoms with Crippen LogP contribution in [0.1, 0.15) is 11.1 Å². The van der Waals surface area contributed by atoms with E-state index in [0.717, 1.165) is 18.7 Å². The van der Waals surface area contributed by atoms with E-state index in [1.165, 1.54) is 6.07 Å². The zero-order valence-corrected chi connectivity index (χ0v) is 15.7. The molecular weight excluding hydrogens is 351 g/mol. The van der Waals surface area contributed by atoms with Crippen molar-refractivity contribution in [1.82, 2.24) is 20.0 Å². The number of nitrogens with one attached hydrogen (secondary N) is 1. The summed E-state index contributed by atoms with van der Waals surface area (Å²) in [6, 6.07) is 4.77. The lowest BCUT2D eigenvalue weighted by atomic mass is 10.1. The van der Waals surface area contributed by atoms with Crippen LogP contribution in [0.25, 0.3) is 0 Å². The summed E-state index contributed by atoms with van der Waals surface area (Å²) in [4.78, 5) is 30.3. The molecule has 1 N–H and O–H groups in total. The van der Waals surface area contributed by atoms with Gasteiger partial charge in [-0.3, -0.25) is 9.69 Å². The predicted molar refractivity (Wildman–Crippen MR) is 98.8 cm³/mol. The minimum absolute atomic E-state index is 0.104. The monoisotopic (exact) mass is 378 g/mol. The lowest BCUT2D eigenvalue weighted by molar-refractivity contribution is -0.134. The van der Waals surface area contributed by atoms with E-state index in [0.29, 0.717) is 51.5 Å². The molecule has 0 aromatic heterocycles. The second-order valence-corrected chi connectivity index (χ2v) is 7.00. The van der Waals surface area contributed by atoms with Gasteiger partial charge in [-0.25, -0.2) is 9.18 Å². The number of hydrogen-bond acceptors (Lipinski definition) is 4. The number of ether oxygens (including phenoxy) is 1. The van der Waals surface area contributed by atoms with Crippen LogP contribution in [0.15, 0.2) is 18.2 Å². The van der Waals surface area contributed by atoms with Crippen LogP contribution >= 0.6 is 0 Å². The van der Waals surface area contributed by atoms with Crippen molar-refractivity contribution in [2.24, 2.45) is 0 Å².